The highest BCUT2D eigenvalue weighted by Gasteiger charge is 2.34. The van der Waals surface area contributed by atoms with Crippen molar-refractivity contribution < 1.29 is 0 Å². The monoisotopic (exact) mass is 157 g/mol. The highest BCUT2D eigenvalue weighted by Crippen LogP contribution is 2.41. The Morgan fingerprint density at radius 1 is 1.10 bits per heavy atom. The van der Waals surface area contributed by atoms with E-state index in [1.807, 2.05) is 0 Å². The summed E-state index contributed by atoms with van der Waals surface area (Å²) in [6.07, 6.45) is 7.51. The third-order valence-electron chi connectivity index (χ3n) is 3.00. The molecule has 0 bridgehead atoms. The minimum atomic E-state index is 0.769. The minimum absolute atomic E-state index is 0.769. The summed E-state index contributed by atoms with van der Waals surface area (Å²) < 4.78 is 0. The highest BCUT2D eigenvalue weighted by molar-refractivity contribution is 7.38. The van der Waals surface area contributed by atoms with Crippen LogP contribution in [-0.4, -0.2) is 25.4 Å². The second-order valence-electron chi connectivity index (χ2n) is 3.68. The maximum Gasteiger partial charge on any atom is 0.000854 e. The molecule has 2 heteroatoms. The Hall–Kier alpha value is 0.390. The second-order valence-corrected chi connectivity index (χ2v) is 5.18. The van der Waals surface area contributed by atoms with E-state index in [4.69, 9.17) is 0 Å². The lowest BCUT2D eigenvalue weighted by molar-refractivity contribution is 0.294. The number of rotatable bonds is 0. The Morgan fingerprint density at radius 3 is 2.50 bits per heavy atom. The summed E-state index contributed by atoms with van der Waals surface area (Å²) in [5.41, 5.74) is 0.769. The lowest BCUT2D eigenvalue weighted by Crippen LogP contribution is -2.27. The molecule has 0 aliphatic carbocycles. The molecule has 0 amide bonds. The Bertz CT molecular complexity index is 110. The van der Waals surface area contributed by atoms with Crippen molar-refractivity contribution in [3.05, 3.63) is 0 Å². The standard InChI is InChI=1S/C8H16NP/c1-4-9-7-8(1)2-5-10-6-3-8/h9-10H,1-7H2. The fourth-order valence-electron chi connectivity index (χ4n) is 2.18. The van der Waals surface area contributed by atoms with Crippen molar-refractivity contribution in [1.82, 2.24) is 5.32 Å². The lowest BCUT2D eigenvalue weighted by atomic mass is 9.81. The molecule has 0 aromatic heterocycles. The molecule has 0 aromatic rings. The van der Waals surface area contributed by atoms with Gasteiger partial charge in [-0.15, -0.1) is 8.58 Å². The van der Waals surface area contributed by atoms with Gasteiger partial charge < -0.3 is 5.32 Å². The molecule has 0 saturated carbocycles. The van der Waals surface area contributed by atoms with Crippen molar-refractivity contribution in [3.63, 3.8) is 0 Å². The zero-order valence-corrected chi connectivity index (χ0v) is 7.45. The smallest absolute Gasteiger partial charge is 0.000854 e. The molecule has 2 saturated heterocycles. The van der Waals surface area contributed by atoms with Crippen molar-refractivity contribution in [2.75, 3.05) is 25.4 Å². The van der Waals surface area contributed by atoms with Crippen LogP contribution in [0.15, 0.2) is 0 Å². The van der Waals surface area contributed by atoms with Crippen LogP contribution in [0.5, 0.6) is 0 Å². The first kappa shape index (κ1) is 7.06. The van der Waals surface area contributed by atoms with E-state index in [9.17, 15) is 0 Å². The molecule has 0 atom stereocenters. The van der Waals surface area contributed by atoms with E-state index in [2.05, 4.69) is 5.32 Å². The van der Waals surface area contributed by atoms with E-state index in [1.165, 1.54) is 53.3 Å². The number of nitrogens with one attached hydrogen (secondary N) is 1. The van der Waals surface area contributed by atoms with E-state index < -0.39 is 0 Å². The molecule has 0 aromatic carbocycles. The molecule has 10 heavy (non-hydrogen) atoms. The van der Waals surface area contributed by atoms with Crippen LogP contribution in [0.4, 0.5) is 0 Å². The third kappa shape index (κ3) is 1.22. The average Bonchev–Trinajstić information content (AvgIpc) is 2.39. The van der Waals surface area contributed by atoms with Crippen molar-refractivity contribution in [1.29, 1.82) is 0 Å². The summed E-state index contributed by atoms with van der Waals surface area (Å²) in [5, 5.41) is 3.49. The Kier molecular flexibility index (Phi) is 1.97. The molecular weight excluding hydrogens is 141 g/mol. The zero-order chi connectivity index (χ0) is 6.86. The largest absolute Gasteiger partial charge is 0.316 e. The van der Waals surface area contributed by atoms with Gasteiger partial charge in [-0.1, -0.05) is 0 Å². The SMILES string of the molecule is C1CC2(CCPCC2)CN1. The van der Waals surface area contributed by atoms with Crippen molar-refractivity contribution in [3.8, 4) is 0 Å². The van der Waals surface area contributed by atoms with Gasteiger partial charge in [-0.2, -0.15) is 0 Å². The van der Waals surface area contributed by atoms with E-state index >= 15 is 0 Å². The van der Waals surface area contributed by atoms with Gasteiger partial charge in [0.1, 0.15) is 0 Å². The summed E-state index contributed by atoms with van der Waals surface area (Å²) in [4.78, 5) is 0. The number of hydrogen-bond acceptors (Lipinski definition) is 1. The molecule has 58 valence electrons. The first-order valence-corrected chi connectivity index (χ1v) is 5.74. The summed E-state index contributed by atoms with van der Waals surface area (Å²) in [5.74, 6) is 0. The Morgan fingerprint density at radius 2 is 1.90 bits per heavy atom. The summed E-state index contributed by atoms with van der Waals surface area (Å²) in [7, 11) is 1.27. The maximum absolute atomic E-state index is 3.49. The van der Waals surface area contributed by atoms with Crippen molar-refractivity contribution in [2.24, 2.45) is 5.41 Å². The summed E-state index contributed by atoms with van der Waals surface area (Å²) >= 11 is 0. The summed E-state index contributed by atoms with van der Waals surface area (Å²) in [6.45, 7) is 2.60. The Labute approximate surface area is 64.7 Å². The minimum Gasteiger partial charge on any atom is -0.316 e. The van der Waals surface area contributed by atoms with Crippen LogP contribution in [0.25, 0.3) is 0 Å². The first-order chi connectivity index (χ1) is 4.91. The van der Waals surface area contributed by atoms with E-state index in [1.54, 1.807) is 0 Å². The molecule has 2 aliphatic rings. The molecule has 1 N–H and O–H groups in total. The van der Waals surface area contributed by atoms with Crippen LogP contribution in [0.3, 0.4) is 0 Å². The van der Waals surface area contributed by atoms with Gasteiger partial charge in [0.25, 0.3) is 0 Å². The van der Waals surface area contributed by atoms with Gasteiger partial charge in [-0.25, -0.2) is 0 Å². The van der Waals surface area contributed by atoms with Crippen LogP contribution in [0.2, 0.25) is 0 Å². The quantitative estimate of drug-likeness (QED) is 0.525. The van der Waals surface area contributed by atoms with Gasteiger partial charge in [-0.3, -0.25) is 0 Å². The summed E-state index contributed by atoms with van der Waals surface area (Å²) in [6, 6.07) is 0. The Balaban J connectivity index is 1.98. The van der Waals surface area contributed by atoms with Crippen LogP contribution in [0, 0.1) is 5.41 Å². The molecular formula is C8H16NP. The van der Waals surface area contributed by atoms with Gasteiger partial charge in [0.05, 0.1) is 0 Å². The van der Waals surface area contributed by atoms with E-state index in [0.717, 1.165) is 5.41 Å². The maximum atomic E-state index is 3.49. The fourth-order valence-corrected chi connectivity index (χ4v) is 3.84. The first-order valence-electron chi connectivity index (χ1n) is 4.33. The van der Waals surface area contributed by atoms with Gasteiger partial charge in [0.15, 0.2) is 0 Å². The van der Waals surface area contributed by atoms with Crippen LogP contribution in [-0.2, 0) is 0 Å². The molecule has 0 radical (unpaired) electrons. The van der Waals surface area contributed by atoms with Crippen molar-refractivity contribution >= 4 is 8.58 Å². The van der Waals surface area contributed by atoms with Gasteiger partial charge in [-0.05, 0) is 43.5 Å². The molecule has 2 heterocycles. The molecule has 1 spiro atoms. The molecule has 2 fully saturated rings. The zero-order valence-electron chi connectivity index (χ0n) is 6.45. The molecule has 2 rings (SSSR count). The van der Waals surface area contributed by atoms with Crippen LogP contribution in [0.1, 0.15) is 19.3 Å². The topological polar surface area (TPSA) is 12.0 Å². The van der Waals surface area contributed by atoms with Gasteiger partial charge in [0.2, 0.25) is 0 Å². The predicted molar refractivity (Wildman–Crippen MR) is 47.2 cm³/mol. The molecule has 1 nitrogen and oxygen atoms in total. The lowest BCUT2D eigenvalue weighted by Gasteiger charge is -2.32. The van der Waals surface area contributed by atoms with E-state index in [-0.39, 0.29) is 0 Å². The fraction of sp³-hybridized carbons (Fsp3) is 1.00. The van der Waals surface area contributed by atoms with Crippen LogP contribution >= 0.6 is 8.58 Å². The average molecular weight is 157 g/mol. The van der Waals surface area contributed by atoms with Crippen LogP contribution < -0.4 is 5.32 Å². The third-order valence-corrected chi connectivity index (χ3v) is 4.20. The van der Waals surface area contributed by atoms with Gasteiger partial charge >= 0.3 is 0 Å². The molecule has 0 unspecified atom stereocenters. The highest BCUT2D eigenvalue weighted by atomic mass is 31.1. The van der Waals surface area contributed by atoms with E-state index in [0.29, 0.717) is 0 Å². The normalized spacial score (nSPS) is 43.2. The molecule has 2 aliphatic heterocycles. The second kappa shape index (κ2) is 2.79. The van der Waals surface area contributed by atoms with Crippen molar-refractivity contribution in [2.45, 2.75) is 19.3 Å². The van der Waals surface area contributed by atoms with Gasteiger partial charge in [0, 0.05) is 6.54 Å². The number of hydrogen-bond donors (Lipinski definition) is 1. The predicted octanol–water partition coefficient (Wildman–Crippen LogP) is 1.44.